The van der Waals surface area contributed by atoms with Crippen LogP contribution in [-0.4, -0.2) is 0 Å². The second kappa shape index (κ2) is 12.5. The molecule has 0 saturated carbocycles. The lowest BCUT2D eigenvalue weighted by Crippen LogP contribution is -1.93. The van der Waals surface area contributed by atoms with Gasteiger partial charge in [-0.1, -0.05) is 182 Å². The zero-order valence-electron chi connectivity index (χ0n) is 28.6. The molecule has 10 aromatic rings. The van der Waals surface area contributed by atoms with Gasteiger partial charge in [0.25, 0.3) is 0 Å². The highest BCUT2D eigenvalue weighted by atomic mass is 14.2. The predicted molar refractivity (Wildman–Crippen MR) is 224 cm³/mol. The third-order valence-corrected chi connectivity index (χ3v) is 10.6. The third kappa shape index (κ3) is 5.25. The first kappa shape index (κ1) is 30.1. The van der Waals surface area contributed by atoms with E-state index in [0.717, 1.165) is 0 Å². The topological polar surface area (TPSA) is 0 Å². The van der Waals surface area contributed by atoms with Gasteiger partial charge < -0.3 is 0 Å². The first-order valence-electron chi connectivity index (χ1n) is 18.0. The summed E-state index contributed by atoms with van der Waals surface area (Å²) in [7, 11) is 0. The molecule has 0 bridgehead atoms. The fraction of sp³-hybridized carbons (Fsp3) is 0. The smallest absolute Gasteiger partial charge is 0.00261 e. The van der Waals surface area contributed by atoms with E-state index in [2.05, 4.69) is 206 Å². The lowest BCUT2D eigenvalue weighted by atomic mass is 9.83. The Bertz CT molecular complexity index is 2920. The fourth-order valence-electron chi connectivity index (χ4n) is 8.01. The molecule has 0 heterocycles. The molecule has 0 saturated heterocycles. The first-order chi connectivity index (χ1) is 25.8. The molecule has 10 rings (SSSR count). The van der Waals surface area contributed by atoms with Crippen molar-refractivity contribution in [3.8, 4) is 55.6 Å². The van der Waals surface area contributed by atoms with Gasteiger partial charge in [-0.2, -0.15) is 0 Å². The molecule has 10 aromatic carbocycles. The molecular weight excluding hydrogens is 625 g/mol. The van der Waals surface area contributed by atoms with Crippen molar-refractivity contribution < 1.29 is 0 Å². The molecule has 0 unspecified atom stereocenters. The zero-order chi connectivity index (χ0) is 34.4. The van der Waals surface area contributed by atoms with Gasteiger partial charge in [0.2, 0.25) is 0 Å². The van der Waals surface area contributed by atoms with Gasteiger partial charge >= 0.3 is 0 Å². The van der Waals surface area contributed by atoms with E-state index in [0.29, 0.717) is 0 Å². The Balaban J connectivity index is 1.27. The minimum atomic E-state index is 1.21. The maximum Gasteiger partial charge on any atom is -0.00261 e. The van der Waals surface area contributed by atoms with Gasteiger partial charge in [-0.05, 0) is 123 Å². The Morgan fingerprint density at radius 3 is 1.00 bits per heavy atom. The standard InChI is InChI=1S/C52H34/c1-3-11-35(12-4-1)38-19-23-40(24-20-38)52-48-30-28-45(43-25-21-36-13-7-9-17-41(36)31-43)33-49(48)51(39-15-5-2-6-16-39)47-29-27-46(34-50(47)52)44-26-22-37-14-8-10-18-42(37)32-44/h1-34H. The maximum atomic E-state index is 2.42. The van der Waals surface area contributed by atoms with Gasteiger partial charge in [-0.25, -0.2) is 0 Å². The van der Waals surface area contributed by atoms with Crippen LogP contribution in [0.4, 0.5) is 0 Å². The second-order valence-electron chi connectivity index (χ2n) is 13.7. The lowest BCUT2D eigenvalue weighted by molar-refractivity contribution is 1.60. The van der Waals surface area contributed by atoms with Crippen LogP contribution < -0.4 is 0 Å². The summed E-state index contributed by atoms with van der Waals surface area (Å²) < 4.78 is 0. The quantitative estimate of drug-likeness (QED) is 0.161. The summed E-state index contributed by atoms with van der Waals surface area (Å²) in [5.74, 6) is 0. The summed E-state index contributed by atoms with van der Waals surface area (Å²) in [6.07, 6.45) is 0. The average Bonchev–Trinajstić information content (AvgIpc) is 3.22. The fourth-order valence-corrected chi connectivity index (χ4v) is 8.01. The van der Waals surface area contributed by atoms with Gasteiger partial charge in [0.1, 0.15) is 0 Å². The van der Waals surface area contributed by atoms with E-state index in [9.17, 15) is 0 Å². The minimum absolute atomic E-state index is 1.21. The molecule has 0 aromatic heterocycles. The maximum absolute atomic E-state index is 2.42. The van der Waals surface area contributed by atoms with Gasteiger partial charge in [-0.15, -0.1) is 0 Å². The molecule has 0 aliphatic heterocycles. The Labute approximate surface area is 303 Å². The van der Waals surface area contributed by atoms with Crippen molar-refractivity contribution in [1.29, 1.82) is 0 Å². The number of benzene rings is 10. The van der Waals surface area contributed by atoms with Gasteiger partial charge in [-0.3, -0.25) is 0 Å². The Morgan fingerprint density at radius 2 is 0.500 bits per heavy atom. The molecule has 0 N–H and O–H groups in total. The number of fused-ring (bicyclic) bond motifs is 4. The monoisotopic (exact) mass is 658 g/mol. The van der Waals surface area contributed by atoms with Crippen molar-refractivity contribution in [3.63, 3.8) is 0 Å². The largest absolute Gasteiger partial charge is 0.0622 e. The van der Waals surface area contributed by atoms with Crippen LogP contribution in [0, 0.1) is 0 Å². The van der Waals surface area contributed by atoms with Gasteiger partial charge in [0.05, 0.1) is 0 Å². The summed E-state index contributed by atoms with van der Waals surface area (Å²) in [6.45, 7) is 0. The van der Waals surface area contributed by atoms with Crippen molar-refractivity contribution in [2.24, 2.45) is 0 Å². The van der Waals surface area contributed by atoms with E-state index in [1.807, 2.05) is 0 Å². The molecule has 0 spiro atoms. The molecule has 52 heavy (non-hydrogen) atoms. The third-order valence-electron chi connectivity index (χ3n) is 10.6. The van der Waals surface area contributed by atoms with Crippen LogP contribution in [0.5, 0.6) is 0 Å². The van der Waals surface area contributed by atoms with E-state index in [4.69, 9.17) is 0 Å². The van der Waals surface area contributed by atoms with Gasteiger partial charge in [0, 0.05) is 0 Å². The average molecular weight is 659 g/mol. The van der Waals surface area contributed by atoms with E-state index < -0.39 is 0 Å². The van der Waals surface area contributed by atoms with Crippen molar-refractivity contribution in [1.82, 2.24) is 0 Å². The zero-order valence-corrected chi connectivity index (χ0v) is 28.6. The summed E-state index contributed by atoms with van der Waals surface area (Å²) in [5.41, 5.74) is 12.3. The summed E-state index contributed by atoms with van der Waals surface area (Å²) >= 11 is 0. The van der Waals surface area contributed by atoms with Crippen molar-refractivity contribution in [3.05, 3.63) is 206 Å². The molecule has 0 aliphatic rings. The van der Waals surface area contributed by atoms with Crippen LogP contribution in [0.15, 0.2) is 206 Å². The Hall–Kier alpha value is -6.76. The van der Waals surface area contributed by atoms with Crippen molar-refractivity contribution >= 4 is 43.1 Å². The molecule has 0 radical (unpaired) electrons. The van der Waals surface area contributed by atoms with Crippen LogP contribution >= 0.6 is 0 Å². The Morgan fingerprint density at radius 1 is 0.173 bits per heavy atom. The molecule has 0 heteroatoms. The van der Waals surface area contributed by atoms with E-state index in [1.54, 1.807) is 0 Å². The molecule has 0 fully saturated rings. The highest BCUT2D eigenvalue weighted by molar-refractivity contribution is 6.22. The molecule has 0 atom stereocenters. The predicted octanol–water partition coefficient (Wildman–Crippen LogP) is 14.6. The molecule has 242 valence electrons. The van der Waals surface area contributed by atoms with E-state index in [-0.39, 0.29) is 0 Å². The molecular formula is C52H34. The first-order valence-corrected chi connectivity index (χ1v) is 18.0. The molecule has 0 nitrogen and oxygen atoms in total. The van der Waals surface area contributed by atoms with E-state index >= 15 is 0 Å². The van der Waals surface area contributed by atoms with Crippen LogP contribution in [0.2, 0.25) is 0 Å². The highest BCUT2D eigenvalue weighted by Gasteiger charge is 2.19. The van der Waals surface area contributed by atoms with Crippen LogP contribution in [-0.2, 0) is 0 Å². The van der Waals surface area contributed by atoms with Crippen molar-refractivity contribution in [2.75, 3.05) is 0 Å². The van der Waals surface area contributed by atoms with Crippen molar-refractivity contribution in [2.45, 2.75) is 0 Å². The van der Waals surface area contributed by atoms with Crippen LogP contribution in [0.25, 0.3) is 98.7 Å². The molecule has 0 aliphatic carbocycles. The van der Waals surface area contributed by atoms with Crippen LogP contribution in [0.3, 0.4) is 0 Å². The Kier molecular flexibility index (Phi) is 7.25. The van der Waals surface area contributed by atoms with E-state index in [1.165, 1.54) is 98.7 Å². The van der Waals surface area contributed by atoms with Crippen LogP contribution in [0.1, 0.15) is 0 Å². The lowest BCUT2D eigenvalue weighted by Gasteiger charge is -2.20. The summed E-state index contributed by atoms with van der Waals surface area (Å²) in [6, 6.07) is 75.7. The summed E-state index contributed by atoms with van der Waals surface area (Å²) in [4.78, 5) is 0. The van der Waals surface area contributed by atoms with Gasteiger partial charge in [0.15, 0.2) is 0 Å². The normalized spacial score (nSPS) is 11.5. The highest BCUT2D eigenvalue weighted by Crippen LogP contribution is 2.46. The minimum Gasteiger partial charge on any atom is -0.0622 e. The SMILES string of the molecule is c1ccc(-c2ccc(-c3c4ccc(-c5ccc6ccccc6c5)cc4c(-c4ccccc4)c4ccc(-c5ccc6ccccc6c5)cc34)cc2)cc1. The number of hydrogen-bond donors (Lipinski definition) is 0. The molecule has 0 amide bonds. The number of hydrogen-bond acceptors (Lipinski definition) is 0. The number of rotatable bonds is 5. The second-order valence-corrected chi connectivity index (χ2v) is 13.7. The summed E-state index contributed by atoms with van der Waals surface area (Å²) in [5, 5.41) is 10.0.